The van der Waals surface area contributed by atoms with Crippen molar-refractivity contribution < 1.29 is 9.53 Å². The third-order valence-corrected chi connectivity index (χ3v) is 9.19. The minimum atomic E-state index is -0.0650. The van der Waals surface area contributed by atoms with Crippen molar-refractivity contribution in [3.05, 3.63) is 0 Å². The van der Waals surface area contributed by atoms with Crippen LogP contribution in [0.15, 0.2) is 0 Å². The molecule has 0 aromatic carbocycles. The predicted molar refractivity (Wildman–Crippen MR) is 116 cm³/mol. The molecule has 2 aliphatic heterocycles. The highest BCUT2D eigenvalue weighted by atomic mass is 32.2. The van der Waals surface area contributed by atoms with Gasteiger partial charge >= 0.3 is 6.09 Å². The molecule has 0 saturated carbocycles. The maximum atomic E-state index is 12.8. The zero-order valence-electron chi connectivity index (χ0n) is 17.1. The highest BCUT2D eigenvalue weighted by molar-refractivity contribution is 8.21. The molecule has 26 heavy (non-hydrogen) atoms. The minimum Gasteiger partial charge on any atom is -0.450 e. The van der Waals surface area contributed by atoms with E-state index in [0.717, 1.165) is 32.1 Å². The van der Waals surface area contributed by atoms with Crippen LogP contribution in [0.1, 0.15) is 91.4 Å². The van der Waals surface area contributed by atoms with Gasteiger partial charge in [-0.15, -0.1) is 23.5 Å². The lowest BCUT2D eigenvalue weighted by atomic mass is 9.89. The number of hydrogen-bond donors (Lipinski definition) is 0. The molecular weight excluding hydrogens is 362 g/mol. The largest absolute Gasteiger partial charge is 0.450 e. The Balaban J connectivity index is 2.02. The number of ether oxygens (including phenoxy) is 1. The topological polar surface area (TPSA) is 29.5 Å². The van der Waals surface area contributed by atoms with Gasteiger partial charge in [0.05, 0.1) is 10.7 Å². The molecule has 0 aliphatic carbocycles. The molecule has 5 heteroatoms. The summed E-state index contributed by atoms with van der Waals surface area (Å²) in [5, 5.41) is 0. The Bertz CT molecular complexity index is 413. The quantitative estimate of drug-likeness (QED) is 0.381. The summed E-state index contributed by atoms with van der Waals surface area (Å²) in [5.41, 5.74) is 0. The fourth-order valence-corrected chi connectivity index (χ4v) is 7.99. The summed E-state index contributed by atoms with van der Waals surface area (Å²) in [6, 6.07) is 0.722. The van der Waals surface area contributed by atoms with E-state index in [1.165, 1.54) is 50.0 Å². The third-order valence-electron chi connectivity index (χ3n) is 5.69. The van der Waals surface area contributed by atoms with Gasteiger partial charge in [-0.05, 0) is 32.6 Å². The van der Waals surface area contributed by atoms with Gasteiger partial charge in [0.15, 0.2) is 0 Å². The molecule has 2 aliphatic rings. The zero-order chi connectivity index (χ0) is 18.8. The molecule has 2 rings (SSSR count). The SMILES string of the molecule is CCCCCCCC[C@H]1CC2(C[C@H](CCC)N1C(=O)OCC)SCCS2. The number of nitrogens with zero attached hydrogens (tertiary/aromatic N) is 1. The molecule has 1 amide bonds. The molecule has 0 unspecified atom stereocenters. The van der Waals surface area contributed by atoms with Crippen molar-refractivity contribution in [2.45, 2.75) is 108 Å². The number of thioether (sulfide) groups is 2. The van der Waals surface area contributed by atoms with Gasteiger partial charge in [-0.25, -0.2) is 4.79 Å². The van der Waals surface area contributed by atoms with Gasteiger partial charge < -0.3 is 9.64 Å². The maximum absolute atomic E-state index is 12.8. The van der Waals surface area contributed by atoms with Crippen LogP contribution < -0.4 is 0 Å². The summed E-state index contributed by atoms with van der Waals surface area (Å²) >= 11 is 4.32. The van der Waals surface area contributed by atoms with Gasteiger partial charge in [0, 0.05) is 23.6 Å². The molecule has 0 aromatic heterocycles. The zero-order valence-corrected chi connectivity index (χ0v) is 18.8. The van der Waals surface area contributed by atoms with E-state index < -0.39 is 0 Å². The summed E-state index contributed by atoms with van der Waals surface area (Å²) in [7, 11) is 0. The molecule has 2 heterocycles. The van der Waals surface area contributed by atoms with Crippen LogP contribution in [0.25, 0.3) is 0 Å². The number of piperidine rings is 1. The van der Waals surface area contributed by atoms with Crippen molar-refractivity contribution in [3.8, 4) is 0 Å². The average molecular weight is 402 g/mol. The first-order valence-corrected chi connectivity index (χ1v) is 12.9. The lowest BCUT2D eigenvalue weighted by molar-refractivity contribution is 0.0413. The number of unbranched alkanes of at least 4 members (excludes halogenated alkanes) is 5. The molecule has 0 aromatic rings. The van der Waals surface area contributed by atoms with E-state index in [-0.39, 0.29) is 6.09 Å². The Labute approximate surface area is 169 Å². The summed E-state index contributed by atoms with van der Waals surface area (Å²) in [4.78, 5) is 14.9. The van der Waals surface area contributed by atoms with Crippen molar-refractivity contribution in [3.63, 3.8) is 0 Å². The first-order chi connectivity index (χ1) is 12.7. The summed E-state index contributed by atoms with van der Waals surface area (Å²) in [5.74, 6) is 2.54. The monoisotopic (exact) mass is 401 g/mol. The molecule has 0 bridgehead atoms. The molecule has 3 nitrogen and oxygen atoms in total. The lowest BCUT2D eigenvalue weighted by Gasteiger charge is -2.48. The van der Waals surface area contributed by atoms with Gasteiger partial charge in [-0.3, -0.25) is 0 Å². The van der Waals surface area contributed by atoms with Gasteiger partial charge in [0.1, 0.15) is 0 Å². The molecular formula is C21H39NO2S2. The van der Waals surface area contributed by atoms with Crippen LogP contribution in [0.5, 0.6) is 0 Å². The maximum Gasteiger partial charge on any atom is 0.410 e. The van der Waals surface area contributed by atoms with Gasteiger partial charge in [0.2, 0.25) is 0 Å². The second-order valence-corrected chi connectivity index (χ2v) is 11.0. The van der Waals surface area contributed by atoms with E-state index in [9.17, 15) is 4.79 Å². The Kier molecular flexibility index (Phi) is 10.0. The molecule has 2 saturated heterocycles. The van der Waals surface area contributed by atoms with E-state index in [2.05, 4.69) is 42.3 Å². The standard InChI is InChI=1S/C21H39NO2S2/c1-4-7-8-9-10-11-13-19-17-21(25-14-15-26-21)16-18(12-5-2)22(19)20(23)24-6-3/h18-19H,4-17H2,1-3H3/t18-,19-/m0/s1. The van der Waals surface area contributed by atoms with Crippen LogP contribution in [0.2, 0.25) is 0 Å². The predicted octanol–water partition coefficient (Wildman–Crippen LogP) is 6.70. The second-order valence-electron chi connectivity index (χ2n) is 7.77. The van der Waals surface area contributed by atoms with Crippen molar-refractivity contribution in [1.82, 2.24) is 4.90 Å². The van der Waals surface area contributed by atoms with Crippen molar-refractivity contribution in [1.29, 1.82) is 0 Å². The molecule has 0 N–H and O–H groups in total. The Hall–Kier alpha value is -0.0300. The fourth-order valence-electron chi connectivity index (χ4n) is 4.50. The van der Waals surface area contributed by atoms with Crippen LogP contribution in [-0.2, 0) is 4.74 Å². The number of carbonyl (C=O) groups is 1. The molecule has 0 radical (unpaired) electrons. The number of carbonyl (C=O) groups excluding carboxylic acids is 1. The highest BCUT2D eigenvalue weighted by Gasteiger charge is 2.48. The first-order valence-electron chi connectivity index (χ1n) is 10.9. The fraction of sp³-hybridized carbons (Fsp3) is 0.952. The number of rotatable bonds is 10. The smallest absolute Gasteiger partial charge is 0.410 e. The molecule has 152 valence electrons. The van der Waals surface area contributed by atoms with Gasteiger partial charge in [-0.1, -0.05) is 58.8 Å². The van der Waals surface area contributed by atoms with Crippen molar-refractivity contribution in [2.24, 2.45) is 0 Å². The summed E-state index contributed by atoms with van der Waals surface area (Å²) in [6.45, 7) is 6.90. The molecule has 2 atom stereocenters. The normalized spacial score (nSPS) is 25.0. The highest BCUT2D eigenvalue weighted by Crippen LogP contribution is 2.54. The van der Waals surface area contributed by atoms with E-state index in [0.29, 0.717) is 22.8 Å². The lowest BCUT2D eigenvalue weighted by Crippen LogP contribution is -2.55. The average Bonchev–Trinajstić information content (AvgIpc) is 3.05. The van der Waals surface area contributed by atoms with Crippen molar-refractivity contribution in [2.75, 3.05) is 18.1 Å². The molecule has 1 spiro atoms. The van der Waals surface area contributed by atoms with E-state index in [4.69, 9.17) is 4.74 Å². The number of likely N-dealkylation sites (tertiary alicyclic amines) is 1. The van der Waals surface area contributed by atoms with Crippen LogP contribution >= 0.6 is 23.5 Å². The summed E-state index contributed by atoms with van der Waals surface area (Å²) < 4.78 is 5.83. The first kappa shape index (κ1) is 22.3. The molecule has 2 fully saturated rings. The third kappa shape index (κ3) is 6.25. The van der Waals surface area contributed by atoms with Gasteiger partial charge in [-0.2, -0.15) is 0 Å². The Morgan fingerprint density at radius 2 is 1.54 bits per heavy atom. The summed E-state index contributed by atoms with van der Waals surface area (Å²) in [6.07, 6.45) is 13.5. The van der Waals surface area contributed by atoms with E-state index in [1.54, 1.807) is 0 Å². The Morgan fingerprint density at radius 3 is 2.15 bits per heavy atom. The van der Waals surface area contributed by atoms with Crippen LogP contribution in [0.4, 0.5) is 4.79 Å². The van der Waals surface area contributed by atoms with Crippen LogP contribution in [-0.4, -0.2) is 45.3 Å². The van der Waals surface area contributed by atoms with E-state index in [1.807, 2.05) is 6.92 Å². The van der Waals surface area contributed by atoms with Gasteiger partial charge in [0.25, 0.3) is 0 Å². The van der Waals surface area contributed by atoms with Crippen LogP contribution in [0, 0.1) is 0 Å². The van der Waals surface area contributed by atoms with Crippen molar-refractivity contribution >= 4 is 29.6 Å². The minimum absolute atomic E-state index is 0.0650. The Morgan fingerprint density at radius 1 is 0.923 bits per heavy atom. The number of hydrogen-bond acceptors (Lipinski definition) is 4. The number of amides is 1. The van der Waals surface area contributed by atoms with E-state index >= 15 is 0 Å². The van der Waals surface area contributed by atoms with Crippen LogP contribution in [0.3, 0.4) is 0 Å². The second kappa shape index (κ2) is 11.7.